The maximum atomic E-state index is 5.41. The van der Waals surface area contributed by atoms with E-state index in [4.69, 9.17) is 4.52 Å². The summed E-state index contributed by atoms with van der Waals surface area (Å²) in [5.74, 6) is 2.05. The van der Waals surface area contributed by atoms with Crippen LogP contribution in [0.15, 0.2) is 45.9 Å². The molecule has 0 aliphatic carbocycles. The molecule has 132 valence electrons. The van der Waals surface area contributed by atoms with Crippen LogP contribution in [-0.2, 0) is 13.1 Å². The summed E-state index contributed by atoms with van der Waals surface area (Å²) in [5.41, 5.74) is 2.25. The Bertz CT molecular complexity index is 608. The van der Waals surface area contributed by atoms with E-state index in [9.17, 15) is 0 Å². The van der Waals surface area contributed by atoms with Crippen molar-refractivity contribution in [2.75, 3.05) is 7.05 Å². The Labute approximate surface area is 161 Å². The molecule has 5 nitrogen and oxygen atoms in total. The van der Waals surface area contributed by atoms with Crippen LogP contribution in [0, 0.1) is 0 Å². The maximum absolute atomic E-state index is 5.41. The van der Waals surface area contributed by atoms with Gasteiger partial charge in [-0.05, 0) is 18.4 Å². The van der Waals surface area contributed by atoms with Gasteiger partial charge < -0.3 is 15.2 Å². The first-order valence-corrected chi connectivity index (χ1v) is 8.20. The number of rotatable bonds is 7. The third kappa shape index (κ3) is 6.14. The van der Waals surface area contributed by atoms with Crippen LogP contribution in [0.25, 0.3) is 0 Å². The van der Waals surface area contributed by atoms with Gasteiger partial charge in [0, 0.05) is 25.6 Å². The molecule has 2 rings (SSSR count). The van der Waals surface area contributed by atoms with E-state index in [0.717, 1.165) is 36.8 Å². The SMILES string of the molecule is CCC(CC)c1cc(CNC(=NC)NCc2ccccc2)on1.I. The van der Waals surface area contributed by atoms with E-state index in [0.29, 0.717) is 12.5 Å². The van der Waals surface area contributed by atoms with Gasteiger partial charge in [-0.3, -0.25) is 4.99 Å². The Morgan fingerprint density at radius 2 is 1.79 bits per heavy atom. The first kappa shape index (κ1) is 20.5. The molecule has 0 spiro atoms. The van der Waals surface area contributed by atoms with Gasteiger partial charge in [-0.15, -0.1) is 24.0 Å². The number of nitrogens with one attached hydrogen (secondary N) is 2. The van der Waals surface area contributed by atoms with Crippen molar-refractivity contribution in [3.63, 3.8) is 0 Å². The zero-order valence-electron chi connectivity index (χ0n) is 14.6. The lowest BCUT2D eigenvalue weighted by Crippen LogP contribution is -2.36. The molecule has 24 heavy (non-hydrogen) atoms. The molecule has 0 aliphatic rings. The second-order valence-electron chi connectivity index (χ2n) is 5.50. The van der Waals surface area contributed by atoms with Gasteiger partial charge in [0.1, 0.15) is 0 Å². The molecule has 0 radical (unpaired) electrons. The van der Waals surface area contributed by atoms with Crippen LogP contribution in [0.4, 0.5) is 0 Å². The minimum atomic E-state index is 0. The molecular weight excluding hydrogens is 415 g/mol. The highest BCUT2D eigenvalue weighted by atomic mass is 127. The van der Waals surface area contributed by atoms with E-state index in [1.54, 1.807) is 7.05 Å². The van der Waals surface area contributed by atoms with E-state index in [-0.39, 0.29) is 24.0 Å². The van der Waals surface area contributed by atoms with Gasteiger partial charge >= 0.3 is 0 Å². The van der Waals surface area contributed by atoms with Crippen LogP contribution in [0.2, 0.25) is 0 Å². The van der Waals surface area contributed by atoms with Crippen molar-refractivity contribution in [1.29, 1.82) is 0 Å². The fraction of sp³-hybridized carbons (Fsp3) is 0.444. The molecule has 0 unspecified atom stereocenters. The number of nitrogens with zero attached hydrogens (tertiary/aromatic N) is 2. The molecule has 0 aliphatic heterocycles. The first-order valence-electron chi connectivity index (χ1n) is 8.20. The number of aliphatic imine (C=N–C) groups is 1. The maximum Gasteiger partial charge on any atom is 0.191 e. The molecule has 0 bridgehead atoms. The van der Waals surface area contributed by atoms with Crippen molar-refractivity contribution in [2.45, 2.75) is 45.7 Å². The fourth-order valence-corrected chi connectivity index (χ4v) is 2.48. The summed E-state index contributed by atoms with van der Waals surface area (Å²) in [6.07, 6.45) is 2.16. The third-order valence-corrected chi connectivity index (χ3v) is 3.94. The lowest BCUT2D eigenvalue weighted by molar-refractivity contribution is 0.368. The number of hydrogen-bond donors (Lipinski definition) is 2. The first-order chi connectivity index (χ1) is 11.3. The predicted octanol–water partition coefficient (Wildman–Crippen LogP) is 4.06. The average molecular weight is 442 g/mol. The molecule has 0 saturated heterocycles. The summed E-state index contributed by atoms with van der Waals surface area (Å²) in [7, 11) is 1.76. The van der Waals surface area contributed by atoms with Crippen molar-refractivity contribution >= 4 is 29.9 Å². The number of hydrogen-bond acceptors (Lipinski definition) is 3. The summed E-state index contributed by atoms with van der Waals surface area (Å²) >= 11 is 0. The van der Waals surface area contributed by atoms with Gasteiger partial charge in [-0.25, -0.2) is 0 Å². The number of benzene rings is 1. The molecule has 2 aromatic rings. The molecule has 0 atom stereocenters. The zero-order chi connectivity index (χ0) is 16.5. The Hall–Kier alpha value is -1.57. The quantitative estimate of drug-likeness (QED) is 0.386. The van der Waals surface area contributed by atoms with Gasteiger partial charge in [0.25, 0.3) is 0 Å². The lowest BCUT2D eigenvalue weighted by Gasteiger charge is -2.10. The van der Waals surface area contributed by atoms with Gasteiger partial charge in [-0.1, -0.05) is 49.3 Å². The molecule has 0 amide bonds. The number of guanidine groups is 1. The molecule has 6 heteroatoms. The van der Waals surface area contributed by atoms with Gasteiger partial charge in [0.15, 0.2) is 11.7 Å². The van der Waals surface area contributed by atoms with Crippen LogP contribution in [0.5, 0.6) is 0 Å². The van der Waals surface area contributed by atoms with Crippen LogP contribution in [0.1, 0.15) is 49.6 Å². The number of aromatic nitrogens is 1. The lowest BCUT2D eigenvalue weighted by atomic mass is 9.99. The zero-order valence-corrected chi connectivity index (χ0v) is 16.9. The van der Waals surface area contributed by atoms with E-state index in [2.05, 4.69) is 46.8 Å². The van der Waals surface area contributed by atoms with Crippen LogP contribution < -0.4 is 10.6 Å². The molecule has 0 fully saturated rings. The monoisotopic (exact) mass is 442 g/mol. The molecule has 2 N–H and O–H groups in total. The summed E-state index contributed by atoms with van der Waals surface area (Å²) in [5, 5.41) is 10.7. The summed E-state index contributed by atoms with van der Waals surface area (Å²) in [6.45, 7) is 5.66. The minimum absolute atomic E-state index is 0. The van der Waals surface area contributed by atoms with Gasteiger partial charge in [-0.2, -0.15) is 0 Å². The normalized spacial score (nSPS) is 11.2. The predicted molar refractivity (Wildman–Crippen MR) is 109 cm³/mol. The van der Waals surface area contributed by atoms with Crippen LogP contribution in [0.3, 0.4) is 0 Å². The van der Waals surface area contributed by atoms with Crippen molar-refractivity contribution in [3.05, 3.63) is 53.4 Å². The number of halogens is 1. The second kappa shape index (κ2) is 11.1. The summed E-state index contributed by atoms with van der Waals surface area (Å²) < 4.78 is 5.41. The van der Waals surface area contributed by atoms with Crippen molar-refractivity contribution in [3.8, 4) is 0 Å². The van der Waals surface area contributed by atoms with E-state index < -0.39 is 0 Å². The Balaban J connectivity index is 0.00000288. The minimum Gasteiger partial charge on any atom is -0.359 e. The molecule has 1 aromatic heterocycles. The van der Waals surface area contributed by atoms with Gasteiger partial charge in [0.2, 0.25) is 0 Å². The van der Waals surface area contributed by atoms with Crippen molar-refractivity contribution in [1.82, 2.24) is 15.8 Å². The van der Waals surface area contributed by atoms with E-state index >= 15 is 0 Å². The Morgan fingerprint density at radius 3 is 2.42 bits per heavy atom. The molecular formula is C18H27IN4O. The fourth-order valence-electron chi connectivity index (χ4n) is 2.48. The highest BCUT2D eigenvalue weighted by molar-refractivity contribution is 14.0. The van der Waals surface area contributed by atoms with Crippen LogP contribution in [-0.4, -0.2) is 18.2 Å². The molecule has 1 aromatic carbocycles. The van der Waals surface area contributed by atoms with Crippen molar-refractivity contribution in [2.24, 2.45) is 4.99 Å². The summed E-state index contributed by atoms with van der Waals surface area (Å²) in [6, 6.07) is 12.3. The standard InChI is InChI=1S/C18H26N4O.HI/c1-4-15(5-2)17-11-16(23-22-17)13-21-18(19-3)20-12-14-9-7-6-8-10-14;/h6-11,15H,4-5,12-13H2,1-3H3,(H2,19,20,21);1H. The highest BCUT2D eigenvalue weighted by Crippen LogP contribution is 2.22. The topological polar surface area (TPSA) is 62.5 Å². The largest absolute Gasteiger partial charge is 0.359 e. The van der Waals surface area contributed by atoms with Crippen LogP contribution >= 0.6 is 24.0 Å². The smallest absolute Gasteiger partial charge is 0.191 e. The average Bonchev–Trinajstić information content (AvgIpc) is 3.06. The third-order valence-electron chi connectivity index (χ3n) is 3.94. The molecule has 0 saturated carbocycles. The van der Waals surface area contributed by atoms with E-state index in [1.165, 1.54) is 5.56 Å². The Morgan fingerprint density at radius 1 is 1.12 bits per heavy atom. The molecule has 1 heterocycles. The second-order valence-corrected chi connectivity index (χ2v) is 5.50. The van der Waals surface area contributed by atoms with E-state index in [1.807, 2.05) is 24.3 Å². The Kier molecular flexibility index (Phi) is 9.44. The summed E-state index contributed by atoms with van der Waals surface area (Å²) in [4.78, 5) is 4.22. The van der Waals surface area contributed by atoms with Gasteiger partial charge in [0.05, 0.1) is 12.2 Å². The van der Waals surface area contributed by atoms with Crippen molar-refractivity contribution < 1.29 is 4.52 Å². The highest BCUT2D eigenvalue weighted by Gasteiger charge is 2.13.